The molecular formula is C41H38N4O7. The van der Waals surface area contributed by atoms with Crippen LogP contribution in [0, 0.1) is 23.7 Å². The smallest absolute Gasteiger partial charge is 0.238 e. The highest BCUT2D eigenvalue weighted by molar-refractivity contribution is 6.24. The Morgan fingerprint density at radius 2 is 1.48 bits per heavy atom. The molecule has 0 radical (unpaired) electrons. The number of fused-ring (bicyclic) bond motifs is 3. The van der Waals surface area contributed by atoms with Gasteiger partial charge in [-0.3, -0.25) is 24.1 Å². The first-order valence-corrected chi connectivity index (χ1v) is 17.0. The van der Waals surface area contributed by atoms with Gasteiger partial charge in [-0.05, 0) is 98.0 Å². The lowest BCUT2D eigenvalue weighted by molar-refractivity contribution is -0.123. The molecule has 0 bridgehead atoms. The number of nitrogens with zero attached hydrogens (tertiary/aromatic N) is 4. The van der Waals surface area contributed by atoms with Gasteiger partial charge >= 0.3 is 0 Å². The van der Waals surface area contributed by atoms with Crippen molar-refractivity contribution in [1.82, 2.24) is 0 Å². The standard InChI is InChI=1S/C41H38N4O7/c1-22-18-33(46)36-29(15-6-23-19-34(51-4)39(48)35(20-23)52-5)28-16-17-30-37(31(28)21-32(36)38(22)47)41(50)45(40(30)49)27-13-9-25(10-14-27)43-42-24-7-11-26(12-8-24)44(2)3/h6-16,18-20,29-31,37,48H,17,21H2,1-5H3/t29-,30-,31+,37-/m0/s1. The molecule has 1 saturated heterocycles. The van der Waals surface area contributed by atoms with Gasteiger partial charge in [0.2, 0.25) is 17.6 Å². The second kappa shape index (κ2) is 13.6. The summed E-state index contributed by atoms with van der Waals surface area (Å²) < 4.78 is 10.6. The van der Waals surface area contributed by atoms with Gasteiger partial charge in [-0.25, -0.2) is 0 Å². The Bertz CT molecular complexity index is 2130. The van der Waals surface area contributed by atoms with E-state index in [0.29, 0.717) is 45.8 Å². The van der Waals surface area contributed by atoms with E-state index in [1.165, 1.54) is 25.2 Å². The zero-order valence-electron chi connectivity index (χ0n) is 29.5. The molecular weight excluding hydrogens is 660 g/mol. The van der Waals surface area contributed by atoms with Crippen molar-refractivity contribution in [1.29, 1.82) is 0 Å². The van der Waals surface area contributed by atoms with E-state index in [9.17, 15) is 24.3 Å². The first-order valence-electron chi connectivity index (χ1n) is 17.0. The summed E-state index contributed by atoms with van der Waals surface area (Å²) in [6.07, 6.45) is 7.46. The normalized spacial score (nSPS) is 22.8. The fourth-order valence-corrected chi connectivity index (χ4v) is 7.73. The summed E-state index contributed by atoms with van der Waals surface area (Å²) in [6, 6.07) is 17.7. The Morgan fingerprint density at radius 1 is 0.865 bits per heavy atom. The number of allylic oxidation sites excluding steroid dienone is 7. The number of imide groups is 1. The van der Waals surface area contributed by atoms with Crippen LogP contribution in [0.4, 0.5) is 22.7 Å². The number of hydrogen-bond acceptors (Lipinski definition) is 10. The van der Waals surface area contributed by atoms with Crippen LogP contribution < -0.4 is 19.3 Å². The fourth-order valence-electron chi connectivity index (χ4n) is 7.73. The largest absolute Gasteiger partial charge is 0.502 e. The number of anilines is 2. The first kappa shape index (κ1) is 34.4. The number of aromatic hydroxyl groups is 1. The molecule has 2 amide bonds. The summed E-state index contributed by atoms with van der Waals surface area (Å²) in [6.45, 7) is 1.62. The van der Waals surface area contributed by atoms with E-state index in [-0.39, 0.29) is 47.1 Å². The summed E-state index contributed by atoms with van der Waals surface area (Å²) in [5, 5.41) is 19.1. The Hall–Kier alpha value is -6.10. The quantitative estimate of drug-likeness (QED) is 0.114. The number of methoxy groups -OCH3 is 2. The number of ketones is 2. The van der Waals surface area contributed by atoms with Crippen LogP contribution >= 0.6 is 0 Å². The van der Waals surface area contributed by atoms with Gasteiger partial charge in [0.1, 0.15) is 0 Å². The first-order chi connectivity index (χ1) is 25.0. The van der Waals surface area contributed by atoms with Gasteiger partial charge < -0.3 is 19.5 Å². The van der Waals surface area contributed by atoms with Crippen molar-refractivity contribution in [3.05, 3.63) is 107 Å². The van der Waals surface area contributed by atoms with E-state index in [2.05, 4.69) is 10.2 Å². The molecule has 3 aromatic rings. The maximum Gasteiger partial charge on any atom is 0.238 e. The molecule has 3 aromatic carbocycles. The molecule has 264 valence electrons. The molecule has 1 N–H and O–H groups in total. The van der Waals surface area contributed by atoms with Crippen LogP contribution in [0.3, 0.4) is 0 Å². The number of carbonyl (C=O) groups excluding carboxylic acids is 4. The Labute approximate surface area is 301 Å². The van der Waals surface area contributed by atoms with Crippen molar-refractivity contribution in [2.45, 2.75) is 19.8 Å². The number of hydrogen-bond donors (Lipinski definition) is 1. The number of azo groups is 1. The van der Waals surface area contributed by atoms with Crippen LogP contribution in [0.2, 0.25) is 0 Å². The summed E-state index contributed by atoms with van der Waals surface area (Å²) >= 11 is 0. The molecule has 7 rings (SSSR count). The molecule has 11 nitrogen and oxygen atoms in total. The van der Waals surface area contributed by atoms with Crippen LogP contribution in [-0.4, -0.2) is 56.8 Å². The predicted octanol–water partition coefficient (Wildman–Crippen LogP) is 7.07. The number of phenols is 1. The van der Waals surface area contributed by atoms with E-state index >= 15 is 0 Å². The number of carbonyl (C=O) groups is 4. The summed E-state index contributed by atoms with van der Waals surface area (Å²) in [5.41, 5.74) is 5.32. The molecule has 1 heterocycles. The van der Waals surface area contributed by atoms with Crippen molar-refractivity contribution in [2.75, 3.05) is 38.1 Å². The molecule has 0 spiro atoms. The predicted molar refractivity (Wildman–Crippen MR) is 196 cm³/mol. The summed E-state index contributed by atoms with van der Waals surface area (Å²) in [5.74, 6) is -3.20. The molecule has 0 unspecified atom stereocenters. The molecule has 11 heteroatoms. The minimum Gasteiger partial charge on any atom is -0.502 e. The Morgan fingerprint density at radius 3 is 2.08 bits per heavy atom. The lowest BCUT2D eigenvalue weighted by atomic mass is 9.60. The van der Waals surface area contributed by atoms with E-state index in [1.54, 1.807) is 49.4 Å². The van der Waals surface area contributed by atoms with E-state index in [4.69, 9.17) is 9.47 Å². The van der Waals surface area contributed by atoms with Gasteiger partial charge in [0, 0.05) is 42.4 Å². The Balaban J connectivity index is 1.18. The third-order valence-electron chi connectivity index (χ3n) is 10.3. The van der Waals surface area contributed by atoms with Gasteiger partial charge in [-0.2, -0.15) is 10.2 Å². The van der Waals surface area contributed by atoms with Gasteiger partial charge in [0.25, 0.3) is 0 Å². The van der Waals surface area contributed by atoms with Crippen LogP contribution in [0.1, 0.15) is 25.3 Å². The van der Waals surface area contributed by atoms with E-state index in [1.807, 2.05) is 55.4 Å². The minimum atomic E-state index is -0.704. The second-order valence-corrected chi connectivity index (χ2v) is 13.5. The van der Waals surface area contributed by atoms with Crippen LogP contribution in [-0.2, 0) is 19.2 Å². The SMILES string of the molecule is COc1cc(C=C[C@H]2C3=CC[C@@H]4C(=O)N(c5ccc(N=Nc6ccc(N(C)C)cc6)cc5)C(=O)[C@@H]4[C@@H]3CC3=C2C(=O)C=C(C)C3=O)cc(OC)c1O. The average molecular weight is 699 g/mol. The van der Waals surface area contributed by atoms with Gasteiger partial charge in [0.15, 0.2) is 23.1 Å². The second-order valence-electron chi connectivity index (χ2n) is 13.5. The van der Waals surface area contributed by atoms with Gasteiger partial charge in [-0.1, -0.05) is 23.8 Å². The lowest BCUT2D eigenvalue weighted by Gasteiger charge is -2.41. The van der Waals surface area contributed by atoms with Crippen molar-refractivity contribution >= 4 is 52.2 Å². The van der Waals surface area contributed by atoms with Crippen molar-refractivity contribution in [3.63, 3.8) is 0 Å². The number of Topliss-reactive ketones (excluding diaryl/α,β-unsaturated/α-hetero) is 1. The molecule has 52 heavy (non-hydrogen) atoms. The van der Waals surface area contributed by atoms with Crippen molar-refractivity contribution < 1.29 is 33.8 Å². The van der Waals surface area contributed by atoms with Crippen LogP contribution in [0.5, 0.6) is 17.2 Å². The fraction of sp³-hybridized carbons (Fsp3) is 0.268. The number of rotatable bonds is 8. The third kappa shape index (κ3) is 5.91. The van der Waals surface area contributed by atoms with E-state index in [0.717, 1.165) is 11.3 Å². The minimum absolute atomic E-state index is 0.140. The number of phenolic OH excluding ortho intramolecular Hbond substituents is 1. The maximum atomic E-state index is 14.3. The van der Waals surface area contributed by atoms with Crippen molar-refractivity contribution in [3.8, 4) is 17.2 Å². The molecule has 0 saturated carbocycles. The molecule has 0 aromatic heterocycles. The van der Waals surface area contributed by atoms with Crippen LogP contribution in [0.15, 0.2) is 111 Å². The third-order valence-corrected chi connectivity index (χ3v) is 10.3. The average Bonchev–Trinajstić information content (AvgIpc) is 3.41. The highest BCUT2D eigenvalue weighted by atomic mass is 16.5. The lowest BCUT2D eigenvalue weighted by Crippen LogP contribution is -2.40. The molecule has 4 aliphatic rings. The molecule has 3 aliphatic carbocycles. The highest BCUT2D eigenvalue weighted by Crippen LogP contribution is 2.53. The van der Waals surface area contributed by atoms with Crippen molar-refractivity contribution in [2.24, 2.45) is 33.9 Å². The number of ether oxygens (including phenoxy) is 2. The monoisotopic (exact) mass is 698 g/mol. The molecule has 1 fully saturated rings. The number of benzene rings is 3. The van der Waals surface area contributed by atoms with Gasteiger partial charge in [0.05, 0.1) is 43.1 Å². The highest BCUT2D eigenvalue weighted by Gasteiger charge is 2.56. The van der Waals surface area contributed by atoms with E-state index < -0.39 is 23.7 Å². The summed E-state index contributed by atoms with van der Waals surface area (Å²) in [7, 11) is 6.80. The Kier molecular flexibility index (Phi) is 8.95. The molecule has 1 aliphatic heterocycles. The number of amides is 2. The van der Waals surface area contributed by atoms with Gasteiger partial charge in [-0.15, -0.1) is 0 Å². The summed E-state index contributed by atoms with van der Waals surface area (Å²) in [4.78, 5) is 58.6. The maximum absolute atomic E-state index is 14.3. The zero-order chi connectivity index (χ0) is 36.8. The topological polar surface area (TPSA) is 138 Å². The zero-order valence-corrected chi connectivity index (χ0v) is 29.5. The van der Waals surface area contributed by atoms with Crippen LogP contribution in [0.25, 0.3) is 6.08 Å². The molecule has 4 atom stereocenters.